The van der Waals surface area contributed by atoms with Crippen LogP contribution in [-0.4, -0.2) is 39.5 Å². The summed E-state index contributed by atoms with van der Waals surface area (Å²) in [6, 6.07) is 10.9. The highest BCUT2D eigenvalue weighted by Gasteiger charge is 2.18. The van der Waals surface area contributed by atoms with Crippen LogP contribution in [-0.2, 0) is 6.54 Å². The van der Waals surface area contributed by atoms with Crippen LogP contribution in [0, 0.1) is 0 Å². The highest BCUT2D eigenvalue weighted by Crippen LogP contribution is 2.19. The van der Waals surface area contributed by atoms with Crippen molar-refractivity contribution in [1.29, 1.82) is 0 Å². The fraction of sp³-hybridized carbons (Fsp3) is 0.158. The smallest absolute Gasteiger partial charge is 0.256 e. The van der Waals surface area contributed by atoms with Crippen LogP contribution in [0.3, 0.4) is 0 Å². The van der Waals surface area contributed by atoms with Crippen LogP contribution in [0.4, 0.5) is 5.69 Å². The number of carbonyl (C=O) groups is 1. The maximum atomic E-state index is 12.8. The average molecular weight is 349 g/mol. The second-order valence-electron chi connectivity index (χ2n) is 5.62. The molecule has 2 aromatic heterocycles. The fourth-order valence-electron chi connectivity index (χ4n) is 2.42. The summed E-state index contributed by atoms with van der Waals surface area (Å²) in [7, 11) is 1.70. The number of carbonyl (C=O) groups excluding carboxylic acids is 1. The van der Waals surface area contributed by atoms with Gasteiger partial charge in [-0.15, -0.1) is 6.58 Å². The fourth-order valence-corrected chi connectivity index (χ4v) is 2.42. The molecule has 3 aromatic rings. The largest absolute Gasteiger partial charge is 0.381 e. The van der Waals surface area contributed by atoms with Crippen molar-refractivity contribution in [3.8, 4) is 11.4 Å². The Bertz CT molecular complexity index is 892. The summed E-state index contributed by atoms with van der Waals surface area (Å²) in [4.78, 5) is 22.6. The lowest BCUT2D eigenvalue weighted by Crippen LogP contribution is -2.27. The van der Waals surface area contributed by atoms with Gasteiger partial charge in [-0.25, -0.2) is 0 Å². The molecule has 0 radical (unpaired) electrons. The molecule has 0 unspecified atom stereocenters. The SMILES string of the molecule is C=CCNc1ccccc1C(=O)N(C)Cc1nc(-c2ccncc2)no1. The van der Waals surface area contributed by atoms with Gasteiger partial charge in [0.15, 0.2) is 0 Å². The van der Waals surface area contributed by atoms with Crippen LogP contribution in [0.25, 0.3) is 11.4 Å². The summed E-state index contributed by atoms with van der Waals surface area (Å²) >= 11 is 0. The zero-order chi connectivity index (χ0) is 18.4. The van der Waals surface area contributed by atoms with Gasteiger partial charge in [0.05, 0.1) is 12.1 Å². The van der Waals surface area contributed by atoms with Gasteiger partial charge in [-0.2, -0.15) is 4.98 Å². The van der Waals surface area contributed by atoms with E-state index in [0.717, 1.165) is 11.3 Å². The maximum Gasteiger partial charge on any atom is 0.256 e. The van der Waals surface area contributed by atoms with Gasteiger partial charge in [0, 0.05) is 37.2 Å². The first-order valence-corrected chi connectivity index (χ1v) is 8.11. The van der Waals surface area contributed by atoms with Crippen LogP contribution < -0.4 is 5.32 Å². The van der Waals surface area contributed by atoms with E-state index in [9.17, 15) is 4.79 Å². The number of hydrogen-bond acceptors (Lipinski definition) is 6. The van der Waals surface area contributed by atoms with Gasteiger partial charge >= 0.3 is 0 Å². The normalized spacial score (nSPS) is 10.3. The number of nitrogens with one attached hydrogen (secondary N) is 1. The van der Waals surface area contributed by atoms with Crippen LogP contribution in [0.1, 0.15) is 16.2 Å². The summed E-state index contributed by atoms with van der Waals surface area (Å²) in [5, 5.41) is 7.12. The minimum atomic E-state index is -0.138. The Kier molecular flexibility index (Phi) is 5.38. The van der Waals surface area contributed by atoms with Crippen molar-refractivity contribution in [3.05, 3.63) is 72.9 Å². The second kappa shape index (κ2) is 8.06. The topological polar surface area (TPSA) is 84.2 Å². The summed E-state index contributed by atoms with van der Waals surface area (Å²) in [5.74, 6) is 0.696. The predicted octanol–water partition coefficient (Wildman–Crippen LogP) is 3.00. The molecule has 0 bridgehead atoms. The highest BCUT2D eigenvalue weighted by atomic mass is 16.5. The lowest BCUT2D eigenvalue weighted by atomic mass is 10.1. The molecule has 0 saturated heterocycles. The average Bonchev–Trinajstić information content (AvgIpc) is 3.15. The van der Waals surface area contributed by atoms with Gasteiger partial charge in [-0.1, -0.05) is 23.4 Å². The molecule has 0 aliphatic carbocycles. The van der Waals surface area contributed by atoms with Crippen molar-refractivity contribution in [2.24, 2.45) is 0 Å². The van der Waals surface area contributed by atoms with E-state index in [4.69, 9.17) is 4.52 Å². The van der Waals surface area contributed by atoms with Crippen molar-refractivity contribution in [1.82, 2.24) is 20.0 Å². The minimum absolute atomic E-state index is 0.138. The van der Waals surface area contributed by atoms with Crippen molar-refractivity contribution >= 4 is 11.6 Å². The van der Waals surface area contributed by atoms with Gasteiger partial charge in [0.1, 0.15) is 0 Å². The molecule has 132 valence electrons. The van der Waals surface area contributed by atoms with E-state index in [1.807, 2.05) is 18.2 Å². The molecular weight excluding hydrogens is 330 g/mol. The molecule has 0 fully saturated rings. The molecule has 0 atom stereocenters. The van der Waals surface area contributed by atoms with Gasteiger partial charge in [-0.05, 0) is 24.3 Å². The Morgan fingerprint density at radius 1 is 1.27 bits per heavy atom. The lowest BCUT2D eigenvalue weighted by Gasteiger charge is -2.17. The third-order valence-corrected chi connectivity index (χ3v) is 3.72. The van der Waals surface area contributed by atoms with E-state index >= 15 is 0 Å². The van der Waals surface area contributed by atoms with Crippen molar-refractivity contribution < 1.29 is 9.32 Å². The number of aromatic nitrogens is 3. The summed E-state index contributed by atoms with van der Waals surface area (Å²) in [5.41, 5.74) is 2.14. The zero-order valence-corrected chi connectivity index (χ0v) is 14.4. The third kappa shape index (κ3) is 3.94. The van der Waals surface area contributed by atoms with Crippen LogP contribution in [0.5, 0.6) is 0 Å². The van der Waals surface area contributed by atoms with Crippen molar-refractivity contribution in [2.75, 3.05) is 18.9 Å². The third-order valence-electron chi connectivity index (χ3n) is 3.72. The molecule has 1 N–H and O–H groups in total. The number of para-hydroxylation sites is 1. The Balaban J connectivity index is 1.72. The van der Waals surface area contributed by atoms with E-state index < -0.39 is 0 Å². The quantitative estimate of drug-likeness (QED) is 0.660. The maximum absolute atomic E-state index is 12.8. The van der Waals surface area contributed by atoms with E-state index in [0.29, 0.717) is 23.8 Å². The summed E-state index contributed by atoms with van der Waals surface area (Å²) in [6.45, 7) is 4.47. The molecule has 7 nitrogen and oxygen atoms in total. The monoisotopic (exact) mass is 349 g/mol. The first kappa shape index (κ1) is 17.3. The highest BCUT2D eigenvalue weighted by molar-refractivity contribution is 5.99. The first-order chi connectivity index (χ1) is 12.7. The van der Waals surface area contributed by atoms with E-state index in [1.54, 1.807) is 43.7 Å². The first-order valence-electron chi connectivity index (χ1n) is 8.11. The van der Waals surface area contributed by atoms with E-state index in [2.05, 4.69) is 27.0 Å². The summed E-state index contributed by atoms with van der Waals surface area (Å²) in [6.07, 6.45) is 5.06. The Hall–Kier alpha value is -3.48. The number of amides is 1. The van der Waals surface area contributed by atoms with Crippen molar-refractivity contribution in [2.45, 2.75) is 6.54 Å². The molecule has 0 aliphatic heterocycles. The predicted molar refractivity (Wildman–Crippen MR) is 98.5 cm³/mol. The van der Waals surface area contributed by atoms with E-state index in [1.165, 1.54) is 4.90 Å². The Labute approximate surface area is 151 Å². The Morgan fingerprint density at radius 2 is 2.04 bits per heavy atom. The number of pyridine rings is 1. The van der Waals surface area contributed by atoms with Crippen LogP contribution in [0.15, 0.2) is 66.0 Å². The Morgan fingerprint density at radius 3 is 2.81 bits per heavy atom. The second-order valence-corrected chi connectivity index (χ2v) is 5.62. The van der Waals surface area contributed by atoms with E-state index in [-0.39, 0.29) is 12.5 Å². The lowest BCUT2D eigenvalue weighted by molar-refractivity contribution is 0.0770. The molecule has 0 spiro atoms. The number of anilines is 1. The van der Waals surface area contributed by atoms with Crippen LogP contribution >= 0.6 is 0 Å². The molecule has 0 aliphatic rings. The van der Waals surface area contributed by atoms with Gasteiger partial charge in [-0.3, -0.25) is 9.78 Å². The van der Waals surface area contributed by atoms with Gasteiger partial charge in [0.25, 0.3) is 5.91 Å². The van der Waals surface area contributed by atoms with Gasteiger partial charge < -0.3 is 14.7 Å². The molecule has 7 heteroatoms. The summed E-state index contributed by atoms with van der Waals surface area (Å²) < 4.78 is 5.27. The molecule has 0 saturated carbocycles. The minimum Gasteiger partial charge on any atom is -0.381 e. The van der Waals surface area contributed by atoms with Crippen molar-refractivity contribution in [3.63, 3.8) is 0 Å². The molecule has 1 amide bonds. The zero-order valence-electron chi connectivity index (χ0n) is 14.4. The van der Waals surface area contributed by atoms with Crippen LogP contribution in [0.2, 0.25) is 0 Å². The standard InChI is InChI=1S/C19H19N5O2/c1-3-10-21-16-7-5-4-6-15(16)19(25)24(2)13-17-22-18(23-26-17)14-8-11-20-12-9-14/h3-9,11-12,21H,1,10,13H2,2H3. The molecule has 3 rings (SSSR count). The molecule has 1 aromatic carbocycles. The molecule has 2 heterocycles. The number of hydrogen-bond donors (Lipinski definition) is 1. The van der Waals surface area contributed by atoms with Gasteiger partial charge in [0.2, 0.25) is 11.7 Å². The number of rotatable bonds is 7. The molecular formula is C19H19N5O2. The number of benzene rings is 1. The molecule has 26 heavy (non-hydrogen) atoms. The number of nitrogens with zero attached hydrogens (tertiary/aromatic N) is 4.